The van der Waals surface area contributed by atoms with Gasteiger partial charge in [-0.2, -0.15) is 0 Å². The maximum atomic E-state index is 12.3. The summed E-state index contributed by atoms with van der Waals surface area (Å²) in [5.41, 5.74) is 6.53. The summed E-state index contributed by atoms with van der Waals surface area (Å²) in [4.78, 5) is 16.9. The molecule has 0 radical (unpaired) electrons. The van der Waals surface area contributed by atoms with Crippen LogP contribution >= 0.6 is 23.1 Å². The van der Waals surface area contributed by atoms with Crippen molar-refractivity contribution in [1.82, 2.24) is 4.98 Å². The number of thiazole rings is 1. The highest BCUT2D eigenvalue weighted by Crippen LogP contribution is 2.28. The van der Waals surface area contributed by atoms with Crippen LogP contribution in [0.5, 0.6) is 0 Å². The molecule has 0 saturated heterocycles. The van der Waals surface area contributed by atoms with E-state index in [4.69, 9.17) is 5.73 Å². The molecule has 3 N–H and O–H groups in total. The molecule has 0 fully saturated rings. The number of nitrogens with two attached hydrogens (primary N) is 1. The van der Waals surface area contributed by atoms with Gasteiger partial charge in [-0.25, -0.2) is 4.98 Å². The van der Waals surface area contributed by atoms with E-state index in [2.05, 4.69) is 10.3 Å². The van der Waals surface area contributed by atoms with Crippen LogP contribution in [0, 0.1) is 0 Å². The van der Waals surface area contributed by atoms with Gasteiger partial charge in [0.05, 0.1) is 0 Å². The molecule has 0 atom stereocenters. The highest BCUT2D eigenvalue weighted by atomic mass is 32.2. The number of hydrogen-bond acceptors (Lipinski definition) is 5. The Morgan fingerprint density at radius 2 is 2.00 bits per heavy atom. The molecular weight excluding hydrogens is 302 g/mol. The lowest BCUT2D eigenvalue weighted by Crippen LogP contribution is -2.12. The maximum absolute atomic E-state index is 12.3. The number of carbonyl (C=O) groups is 1. The molecule has 0 bridgehead atoms. The molecule has 0 aliphatic heterocycles. The lowest BCUT2D eigenvalue weighted by atomic mass is 10.1. The number of rotatable bonds is 3. The van der Waals surface area contributed by atoms with Crippen LogP contribution in [0.15, 0.2) is 46.8 Å². The van der Waals surface area contributed by atoms with E-state index >= 15 is 0 Å². The average molecular weight is 315 g/mol. The summed E-state index contributed by atoms with van der Waals surface area (Å²) in [6.07, 6.45) is 1.91. The van der Waals surface area contributed by atoms with Crippen molar-refractivity contribution in [3.8, 4) is 0 Å². The fourth-order valence-electron chi connectivity index (χ4n) is 2.02. The zero-order valence-corrected chi connectivity index (χ0v) is 12.9. The molecule has 4 nitrogen and oxygen atoms in total. The van der Waals surface area contributed by atoms with Gasteiger partial charge in [0, 0.05) is 5.69 Å². The molecule has 3 rings (SSSR count). The van der Waals surface area contributed by atoms with E-state index in [1.165, 1.54) is 23.1 Å². The Balaban J connectivity index is 1.87. The van der Waals surface area contributed by atoms with E-state index in [0.717, 1.165) is 20.8 Å². The average Bonchev–Trinajstić information content (AvgIpc) is 2.88. The zero-order chi connectivity index (χ0) is 14.8. The third-order valence-electron chi connectivity index (χ3n) is 3.02. The fourth-order valence-corrected chi connectivity index (χ4v) is 3.40. The molecule has 1 heterocycles. The largest absolute Gasteiger partial charge is 0.382 e. The number of carbonyl (C=O) groups excluding carboxylic acids is 1. The Bertz CT molecular complexity index is 814. The van der Waals surface area contributed by atoms with Crippen LogP contribution < -0.4 is 11.1 Å². The molecule has 106 valence electrons. The second-order valence-electron chi connectivity index (χ2n) is 4.41. The minimum Gasteiger partial charge on any atom is -0.382 e. The van der Waals surface area contributed by atoms with Crippen molar-refractivity contribution >= 4 is 51.3 Å². The minimum absolute atomic E-state index is 0.222. The number of thioether (sulfide) groups is 1. The van der Waals surface area contributed by atoms with Crippen LogP contribution in [0.3, 0.4) is 0 Å². The highest BCUT2D eigenvalue weighted by molar-refractivity contribution is 8.00. The lowest BCUT2D eigenvalue weighted by Gasteiger charge is -2.05. The lowest BCUT2D eigenvalue weighted by molar-refractivity contribution is 0.103. The molecular formula is C15H13N3OS2. The highest BCUT2D eigenvalue weighted by Gasteiger charge is 2.16. The topological polar surface area (TPSA) is 68.0 Å². The summed E-state index contributed by atoms with van der Waals surface area (Å²) in [5.74, 6) is 0.0585. The van der Waals surface area contributed by atoms with Gasteiger partial charge in [-0.15, -0.1) is 11.3 Å². The van der Waals surface area contributed by atoms with Crippen LogP contribution in [0.25, 0.3) is 10.8 Å². The van der Waals surface area contributed by atoms with Crippen LogP contribution in [-0.4, -0.2) is 17.1 Å². The summed E-state index contributed by atoms with van der Waals surface area (Å²) < 4.78 is 0.788. The molecule has 2 aromatic carbocycles. The first-order valence-electron chi connectivity index (χ1n) is 6.28. The number of amides is 1. The Kier molecular flexibility index (Phi) is 3.81. The van der Waals surface area contributed by atoms with Crippen LogP contribution in [0.1, 0.15) is 9.67 Å². The zero-order valence-electron chi connectivity index (χ0n) is 11.3. The first kappa shape index (κ1) is 13.9. The maximum Gasteiger partial charge on any atom is 0.269 e. The number of anilines is 2. The minimum atomic E-state index is -0.222. The molecule has 0 aliphatic carbocycles. The van der Waals surface area contributed by atoms with Crippen LogP contribution in [0.2, 0.25) is 0 Å². The summed E-state index contributed by atoms with van der Waals surface area (Å²) in [5, 5.41) is 5.09. The molecule has 0 saturated carbocycles. The van der Waals surface area contributed by atoms with Crippen LogP contribution in [0.4, 0.5) is 11.5 Å². The van der Waals surface area contributed by atoms with Gasteiger partial charge in [-0.3, -0.25) is 4.79 Å². The predicted octanol–water partition coefficient (Wildman–Crippen LogP) is 3.85. The van der Waals surface area contributed by atoms with Gasteiger partial charge < -0.3 is 11.1 Å². The van der Waals surface area contributed by atoms with E-state index in [1.54, 1.807) is 0 Å². The van der Waals surface area contributed by atoms with Crippen molar-refractivity contribution in [2.45, 2.75) is 4.34 Å². The van der Waals surface area contributed by atoms with Gasteiger partial charge in [0.15, 0.2) is 4.34 Å². The number of hydrogen-bond donors (Lipinski definition) is 2. The predicted molar refractivity (Wildman–Crippen MR) is 90.2 cm³/mol. The van der Waals surface area contributed by atoms with Crippen molar-refractivity contribution < 1.29 is 4.79 Å². The molecule has 0 unspecified atom stereocenters. The summed E-state index contributed by atoms with van der Waals surface area (Å²) in [6.45, 7) is 0. The molecule has 0 spiro atoms. The van der Waals surface area contributed by atoms with E-state index in [9.17, 15) is 4.79 Å². The number of nitrogens with zero attached hydrogens (tertiary/aromatic N) is 1. The molecule has 0 aliphatic rings. The number of fused-ring (bicyclic) bond motifs is 1. The van der Waals surface area contributed by atoms with Gasteiger partial charge in [-0.1, -0.05) is 42.1 Å². The molecule has 1 amide bonds. The molecule has 1 aromatic heterocycles. The van der Waals surface area contributed by atoms with Gasteiger partial charge in [-0.05, 0) is 29.2 Å². The first-order chi connectivity index (χ1) is 10.2. The second kappa shape index (κ2) is 5.75. The standard InChI is InChI=1S/C15H13N3OS2/c1-20-15-18-13(16)12(21-15)14(19)17-11-7-6-9-4-2-3-5-10(9)8-11/h2-8H,16H2,1H3,(H,17,19). The monoisotopic (exact) mass is 315 g/mol. The second-order valence-corrected chi connectivity index (χ2v) is 6.47. The summed E-state index contributed by atoms with van der Waals surface area (Å²) >= 11 is 2.78. The molecule has 21 heavy (non-hydrogen) atoms. The van der Waals surface area contributed by atoms with Gasteiger partial charge in [0.2, 0.25) is 0 Å². The fraction of sp³-hybridized carbons (Fsp3) is 0.0667. The van der Waals surface area contributed by atoms with Crippen molar-refractivity contribution in [2.24, 2.45) is 0 Å². The Morgan fingerprint density at radius 3 is 2.71 bits per heavy atom. The van der Waals surface area contributed by atoms with E-state index in [1.807, 2.05) is 48.7 Å². The molecule has 6 heteroatoms. The van der Waals surface area contributed by atoms with E-state index < -0.39 is 0 Å². The van der Waals surface area contributed by atoms with E-state index in [0.29, 0.717) is 4.88 Å². The van der Waals surface area contributed by atoms with E-state index in [-0.39, 0.29) is 11.7 Å². The third kappa shape index (κ3) is 2.86. The quantitative estimate of drug-likeness (QED) is 0.720. The number of aromatic nitrogens is 1. The third-order valence-corrected chi connectivity index (χ3v) is 5.08. The summed E-state index contributed by atoms with van der Waals surface area (Å²) in [7, 11) is 0. The normalized spacial score (nSPS) is 10.7. The number of nitrogens with one attached hydrogen (secondary N) is 1. The van der Waals surface area contributed by atoms with Crippen molar-refractivity contribution in [3.63, 3.8) is 0 Å². The Labute approximate surface area is 130 Å². The Hall–Kier alpha value is -2.05. The number of nitrogen functional groups attached to an aromatic ring is 1. The smallest absolute Gasteiger partial charge is 0.269 e. The first-order valence-corrected chi connectivity index (χ1v) is 8.32. The molecule has 3 aromatic rings. The van der Waals surface area contributed by atoms with Gasteiger partial charge >= 0.3 is 0 Å². The SMILES string of the molecule is CSc1nc(N)c(C(=O)Nc2ccc3ccccc3c2)s1. The van der Waals surface area contributed by atoms with Crippen molar-refractivity contribution in [3.05, 3.63) is 47.3 Å². The van der Waals surface area contributed by atoms with Gasteiger partial charge in [0.1, 0.15) is 10.7 Å². The van der Waals surface area contributed by atoms with Gasteiger partial charge in [0.25, 0.3) is 5.91 Å². The van der Waals surface area contributed by atoms with Crippen LogP contribution in [-0.2, 0) is 0 Å². The summed E-state index contributed by atoms with van der Waals surface area (Å²) in [6, 6.07) is 13.8. The Morgan fingerprint density at radius 1 is 1.24 bits per heavy atom. The van der Waals surface area contributed by atoms with Crippen molar-refractivity contribution in [1.29, 1.82) is 0 Å². The number of benzene rings is 2. The van der Waals surface area contributed by atoms with Crippen molar-refractivity contribution in [2.75, 3.05) is 17.3 Å².